The van der Waals surface area contributed by atoms with E-state index in [4.69, 9.17) is 6.42 Å². The minimum Gasteiger partial charge on any atom is -0.115 e. The summed E-state index contributed by atoms with van der Waals surface area (Å²) in [6.45, 7) is 9.44. The quantitative estimate of drug-likeness (QED) is 0.162. The van der Waals surface area contributed by atoms with E-state index in [0.717, 1.165) is 5.56 Å². The van der Waals surface area contributed by atoms with Gasteiger partial charge in [-0.25, -0.2) is 0 Å². The Balaban J connectivity index is 1.77. The van der Waals surface area contributed by atoms with Crippen LogP contribution in [0, 0.1) is 12.3 Å². The van der Waals surface area contributed by atoms with Gasteiger partial charge in [0.05, 0.1) is 8.80 Å². The van der Waals surface area contributed by atoms with Crippen LogP contribution in [0.15, 0.2) is 72.8 Å². The fourth-order valence-corrected chi connectivity index (χ4v) is 9.28. The second kappa shape index (κ2) is 7.56. The average molecular weight is 417 g/mol. The SMILES string of the molecule is C#Cc1cc2cc3cc4cc5ccccc5cc4cc3cc2cc1[SiH](C(C)C)C(C)C. The standard InChI is InChI=1S/C30H28Si/c1-6-21-11-24-14-27-15-25-12-22-9-7-8-10-23(22)13-26(25)16-28(27)17-29(24)18-30(21)31(19(2)3)20(4)5/h1,7-20,31H,2-5H3. The molecule has 5 aromatic rings. The highest BCUT2D eigenvalue weighted by molar-refractivity contribution is 6.76. The van der Waals surface area contributed by atoms with Crippen LogP contribution < -0.4 is 5.19 Å². The molecule has 0 aromatic heterocycles. The molecule has 0 saturated carbocycles. The monoisotopic (exact) mass is 416 g/mol. The lowest BCUT2D eigenvalue weighted by Crippen LogP contribution is -2.37. The molecule has 0 bridgehead atoms. The highest BCUT2D eigenvalue weighted by Crippen LogP contribution is 2.31. The molecule has 0 aliphatic rings. The number of terminal acetylenes is 1. The zero-order valence-electron chi connectivity index (χ0n) is 18.7. The van der Waals surface area contributed by atoms with Crippen LogP contribution in [0.25, 0.3) is 43.1 Å². The third-order valence-electron chi connectivity index (χ3n) is 6.73. The van der Waals surface area contributed by atoms with Crippen LogP contribution in [0.5, 0.6) is 0 Å². The van der Waals surface area contributed by atoms with Gasteiger partial charge in [0.15, 0.2) is 0 Å². The highest BCUT2D eigenvalue weighted by Gasteiger charge is 2.24. The highest BCUT2D eigenvalue weighted by atomic mass is 28.3. The predicted octanol–water partition coefficient (Wildman–Crippen LogP) is 7.53. The molecule has 0 unspecified atom stereocenters. The van der Waals surface area contributed by atoms with E-state index in [-0.39, 0.29) is 0 Å². The molecule has 5 rings (SSSR count). The minimum atomic E-state index is -1.18. The number of rotatable bonds is 3. The minimum absolute atomic E-state index is 0.683. The van der Waals surface area contributed by atoms with Crippen LogP contribution in [0.2, 0.25) is 11.1 Å². The van der Waals surface area contributed by atoms with Crippen LogP contribution in [0.1, 0.15) is 33.3 Å². The Labute approximate surface area is 186 Å². The molecule has 0 atom stereocenters. The van der Waals surface area contributed by atoms with Crippen molar-refractivity contribution in [1.82, 2.24) is 0 Å². The number of hydrogen-bond acceptors (Lipinski definition) is 0. The lowest BCUT2D eigenvalue weighted by molar-refractivity contribution is 0.951. The summed E-state index contributed by atoms with van der Waals surface area (Å²) in [5, 5.41) is 11.7. The van der Waals surface area contributed by atoms with E-state index >= 15 is 0 Å². The van der Waals surface area contributed by atoms with Gasteiger partial charge < -0.3 is 0 Å². The summed E-state index contributed by atoms with van der Waals surface area (Å²) in [4.78, 5) is 0. The summed E-state index contributed by atoms with van der Waals surface area (Å²) in [7, 11) is -1.18. The van der Waals surface area contributed by atoms with E-state index < -0.39 is 8.80 Å². The second-order valence-corrected chi connectivity index (χ2v) is 13.9. The molecule has 0 heterocycles. The van der Waals surface area contributed by atoms with Crippen molar-refractivity contribution in [3.8, 4) is 12.3 Å². The maximum atomic E-state index is 5.99. The van der Waals surface area contributed by atoms with Crippen molar-refractivity contribution in [3.05, 3.63) is 78.4 Å². The molecule has 0 amide bonds. The Morgan fingerprint density at radius 2 is 0.968 bits per heavy atom. The first-order valence-corrected chi connectivity index (χ1v) is 13.2. The molecule has 0 aliphatic heterocycles. The van der Waals surface area contributed by atoms with Gasteiger partial charge in [-0.3, -0.25) is 0 Å². The zero-order chi connectivity index (χ0) is 21.7. The second-order valence-electron chi connectivity index (χ2n) is 9.54. The molecule has 31 heavy (non-hydrogen) atoms. The van der Waals surface area contributed by atoms with E-state index in [9.17, 15) is 0 Å². The maximum Gasteiger partial charge on any atom is 0.0775 e. The van der Waals surface area contributed by atoms with Gasteiger partial charge in [-0.1, -0.05) is 63.9 Å². The number of hydrogen-bond donors (Lipinski definition) is 0. The third-order valence-corrected chi connectivity index (χ3v) is 10.8. The summed E-state index contributed by atoms with van der Waals surface area (Å²) in [5.74, 6) is 3.01. The van der Waals surface area contributed by atoms with E-state index in [1.165, 1.54) is 48.3 Å². The van der Waals surface area contributed by atoms with E-state index in [1.807, 2.05) is 0 Å². The molecule has 0 N–H and O–H groups in total. The Morgan fingerprint density at radius 1 is 0.581 bits per heavy atom. The largest absolute Gasteiger partial charge is 0.115 e. The molecule has 0 nitrogen and oxygen atoms in total. The van der Waals surface area contributed by atoms with Crippen LogP contribution >= 0.6 is 0 Å². The van der Waals surface area contributed by atoms with Crippen LogP contribution in [-0.2, 0) is 0 Å². The molecule has 0 fully saturated rings. The van der Waals surface area contributed by atoms with Gasteiger partial charge >= 0.3 is 0 Å². The number of benzene rings is 5. The Bertz CT molecular complexity index is 1490. The van der Waals surface area contributed by atoms with Gasteiger partial charge in [0.1, 0.15) is 0 Å². The molecule has 1 heteroatoms. The summed E-state index contributed by atoms with van der Waals surface area (Å²) in [6.07, 6.45) is 5.99. The number of fused-ring (bicyclic) bond motifs is 4. The molecule has 0 saturated heterocycles. The van der Waals surface area contributed by atoms with Crippen molar-refractivity contribution in [2.75, 3.05) is 0 Å². The van der Waals surface area contributed by atoms with Crippen LogP contribution in [-0.4, -0.2) is 8.80 Å². The van der Waals surface area contributed by atoms with Gasteiger partial charge in [-0.15, -0.1) is 6.42 Å². The van der Waals surface area contributed by atoms with Gasteiger partial charge in [0.2, 0.25) is 0 Å². The van der Waals surface area contributed by atoms with Gasteiger partial charge in [0.25, 0.3) is 0 Å². The van der Waals surface area contributed by atoms with Crippen molar-refractivity contribution < 1.29 is 0 Å². The lowest BCUT2D eigenvalue weighted by atomic mass is 9.97. The molecular weight excluding hydrogens is 388 g/mol. The zero-order valence-corrected chi connectivity index (χ0v) is 19.9. The van der Waals surface area contributed by atoms with Crippen molar-refractivity contribution in [2.24, 2.45) is 0 Å². The molecule has 0 spiro atoms. The predicted molar refractivity (Wildman–Crippen MR) is 141 cm³/mol. The normalized spacial score (nSPS) is 12.1. The Hall–Kier alpha value is -3.08. The summed E-state index contributed by atoms with van der Waals surface area (Å²) in [5.41, 5.74) is 2.46. The van der Waals surface area contributed by atoms with Gasteiger partial charge in [-0.05, 0) is 102 Å². The molecule has 0 radical (unpaired) electrons. The summed E-state index contributed by atoms with van der Waals surface area (Å²) < 4.78 is 0. The fraction of sp³-hybridized carbons (Fsp3) is 0.200. The topological polar surface area (TPSA) is 0 Å². The van der Waals surface area contributed by atoms with E-state index in [2.05, 4.69) is 106 Å². The molecule has 0 aliphatic carbocycles. The van der Waals surface area contributed by atoms with Crippen LogP contribution in [0.4, 0.5) is 0 Å². The first-order chi connectivity index (χ1) is 14.9. The summed E-state index contributed by atoms with van der Waals surface area (Å²) >= 11 is 0. The van der Waals surface area contributed by atoms with Crippen LogP contribution in [0.3, 0.4) is 0 Å². The fourth-order valence-electron chi connectivity index (χ4n) is 5.40. The average Bonchev–Trinajstić information content (AvgIpc) is 2.74. The van der Waals surface area contributed by atoms with Crippen molar-refractivity contribution >= 4 is 57.1 Å². The molecular formula is C30H28Si. The molecule has 152 valence electrons. The first-order valence-electron chi connectivity index (χ1n) is 11.2. The summed E-state index contributed by atoms with van der Waals surface area (Å²) in [6, 6.07) is 27.2. The Kier molecular flexibility index (Phi) is 4.84. The third kappa shape index (κ3) is 3.42. The van der Waals surface area contributed by atoms with E-state index in [0.29, 0.717) is 11.1 Å². The first kappa shape index (κ1) is 19.9. The van der Waals surface area contributed by atoms with Crippen molar-refractivity contribution in [1.29, 1.82) is 0 Å². The molecule has 5 aromatic carbocycles. The van der Waals surface area contributed by atoms with Crippen molar-refractivity contribution in [2.45, 2.75) is 38.8 Å². The maximum absolute atomic E-state index is 5.99. The van der Waals surface area contributed by atoms with Crippen molar-refractivity contribution in [3.63, 3.8) is 0 Å². The smallest absolute Gasteiger partial charge is 0.0775 e. The van der Waals surface area contributed by atoms with E-state index in [1.54, 1.807) is 0 Å². The van der Waals surface area contributed by atoms with Gasteiger partial charge in [0, 0.05) is 5.56 Å². The lowest BCUT2D eigenvalue weighted by Gasteiger charge is -2.25. The Morgan fingerprint density at radius 3 is 1.39 bits per heavy atom. The van der Waals surface area contributed by atoms with Gasteiger partial charge in [-0.2, -0.15) is 0 Å².